The lowest BCUT2D eigenvalue weighted by molar-refractivity contribution is 0.188. The van der Waals surface area contributed by atoms with Crippen molar-refractivity contribution in [3.05, 3.63) is 48.2 Å². The summed E-state index contributed by atoms with van der Waals surface area (Å²) in [5.74, 6) is 2.24. The first-order valence-electron chi connectivity index (χ1n) is 10.1. The fraction of sp³-hybridized carbons (Fsp3) is 0.348. The molecule has 2 N–H and O–H groups in total. The van der Waals surface area contributed by atoms with Gasteiger partial charge >= 0.3 is 0 Å². The highest BCUT2D eigenvalue weighted by atomic mass is 16.5. The van der Waals surface area contributed by atoms with Crippen molar-refractivity contribution in [3.8, 4) is 34.3 Å². The Bertz CT molecular complexity index is 960. The van der Waals surface area contributed by atoms with E-state index < -0.39 is 0 Å². The standard InChI is InChI=1S/C23H29N3O5/c1-5-31-18-8-6-17(7-9-18)19-15-25-23(26(19)10-11-28-2)24-14-16-12-20(29-3)22(27)21(13-16)30-4/h6-9,12-13,15,27H,5,10-11,14H2,1-4H3,(H,24,25). The van der Waals surface area contributed by atoms with Crippen LogP contribution in [0, 0.1) is 0 Å². The van der Waals surface area contributed by atoms with Crippen LogP contribution < -0.4 is 19.5 Å². The molecule has 0 spiro atoms. The van der Waals surface area contributed by atoms with Crippen LogP contribution in [0.25, 0.3) is 11.3 Å². The van der Waals surface area contributed by atoms with Gasteiger partial charge in [-0.2, -0.15) is 0 Å². The molecule has 0 aliphatic carbocycles. The Morgan fingerprint density at radius 2 is 1.71 bits per heavy atom. The molecule has 31 heavy (non-hydrogen) atoms. The fourth-order valence-corrected chi connectivity index (χ4v) is 3.28. The number of ether oxygens (including phenoxy) is 4. The van der Waals surface area contributed by atoms with Crippen molar-refractivity contribution in [2.45, 2.75) is 20.0 Å². The van der Waals surface area contributed by atoms with Crippen molar-refractivity contribution in [1.29, 1.82) is 0 Å². The molecule has 0 radical (unpaired) electrons. The van der Waals surface area contributed by atoms with Gasteiger partial charge in [0.2, 0.25) is 11.7 Å². The lowest BCUT2D eigenvalue weighted by Crippen LogP contribution is -2.12. The SMILES string of the molecule is CCOc1ccc(-c2cnc(NCc3cc(OC)c(O)c(OC)c3)n2CCOC)cc1. The first-order chi connectivity index (χ1) is 15.1. The van der Waals surface area contributed by atoms with Crippen LogP contribution in [0.15, 0.2) is 42.6 Å². The van der Waals surface area contributed by atoms with Gasteiger partial charge in [-0.25, -0.2) is 4.98 Å². The molecule has 1 heterocycles. The van der Waals surface area contributed by atoms with Gasteiger partial charge < -0.3 is 33.9 Å². The third-order valence-corrected chi connectivity index (χ3v) is 4.83. The molecule has 0 amide bonds. The van der Waals surface area contributed by atoms with Gasteiger partial charge in [-0.1, -0.05) is 0 Å². The van der Waals surface area contributed by atoms with Gasteiger partial charge in [-0.15, -0.1) is 0 Å². The number of anilines is 1. The summed E-state index contributed by atoms with van der Waals surface area (Å²) in [7, 11) is 4.69. The largest absolute Gasteiger partial charge is 0.502 e. The van der Waals surface area contributed by atoms with Crippen LogP contribution in [-0.4, -0.2) is 49.2 Å². The number of hydrogen-bond donors (Lipinski definition) is 2. The molecule has 0 aliphatic heterocycles. The number of benzene rings is 2. The minimum Gasteiger partial charge on any atom is -0.502 e. The van der Waals surface area contributed by atoms with Crippen LogP contribution >= 0.6 is 0 Å². The number of phenols is 1. The molecule has 2 aromatic carbocycles. The van der Waals surface area contributed by atoms with E-state index in [1.807, 2.05) is 37.4 Å². The Balaban J connectivity index is 1.84. The highest BCUT2D eigenvalue weighted by Crippen LogP contribution is 2.37. The second-order valence-electron chi connectivity index (χ2n) is 6.77. The summed E-state index contributed by atoms with van der Waals surface area (Å²) in [5, 5.41) is 13.5. The predicted molar refractivity (Wildman–Crippen MR) is 119 cm³/mol. The van der Waals surface area contributed by atoms with Crippen LogP contribution in [0.1, 0.15) is 12.5 Å². The van der Waals surface area contributed by atoms with E-state index in [9.17, 15) is 5.11 Å². The van der Waals surface area contributed by atoms with Crippen molar-refractivity contribution in [3.63, 3.8) is 0 Å². The van der Waals surface area contributed by atoms with Crippen LogP contribution in [-0.2, 0) is 17.8 Å². The van der Waals surface area contributed by atoms with Crippen molar-refractivity contribution in [2.24, 2.45) is 0 Å². The second-order valence-corrected chi connectivity index (χ2v) is 6.77. The van der Waals surface area contributed by atoms with E-state index in [-0.39, 0.29) is 5.75 Å². The zero-order chi connectivity index (χ0) is 22.2. The average molecular weight is 428 g/mol. The van der Waals surface area contributed by atoms with Crippen molar-refractivity contribution < 1.29 is 24.1 Å². The highest BCUT2D eigenvalue weighted by Gasteiger charge is 2.14. The topological polar surface area (TPSA) is 87.0 Å². The third-order valence-electron chi connectivity index (χ3n) is 4.83. The Hall–Kier alpha value is -3.39. The Labute approximate surface area is 182 Å². The highest BCUT2D eigenvalue weighted by molar-refractivity contribution is 5.63. The number of nitrogens with zero attached hydrogens (tertiary/aromatic N) is 2. The lowest BCUT2D eigenvalue weighted by atomic mass is 10.1. The molecular formula is C23H29N3O5. The molecule has 3 aromatic rings. The van der Waals surface area contributed by atoms with Gasteiger partial charge in [-0.3, -0.25) is 0 Å². The van der Waals surface area contributed by atoms with E-state index >= 15 is 0 Å². The lowest BCUT2D eigenvalue weighted by Gasteiger charge is -2.15. The summed E-state index contributed by atoms with van der Waals surface area (Å²) in [6.45, 7) is 4.26. The molecule has 0 saturated carbocycles. The summed E-state index contributed by atoms with van der Waals surface area (Å²) >= 11 is 0. The fourth-order valence-electron chi connectivity index (χ4n) is 3.28. The third kappa shape index (κ3) is 5.21. The van der Waals surface area contributed by atoms with E-state index in [4.69, 9.17) is 18.9 Å². The molecule has 0 bridgehead atoms. The predicted octanol–water partition coefficient (Wildman–Crippen LogP) is 3.93. The van der Waals surface area contributed by atoms with Crippen LogP contribution in [0.4, 0.5) is 5.95 Å². The van der Waals surface area contributed by atoms with Gasteiger partial charge in [0, 0.05) is 25.8 Å². The number of imidazole rings is 1. The number of nitrogens with one attached hydrogen (secondary N) is 1. The maximum Gasteiger partial charge on any atom is 0.203 e. The number of phenolic OH excluding ortho intramolecular Hbond substituents is 1. The van der Waals surface area contributed by atoms with Crippen molar-refractivity contribution in [1.82, 2.24) is 9.55 Å². The zero-order valence-electron chi connectivity index (χ0n) is 18.3. The summed E-state index contributed by atoms with van der Waals surface area (Å²) in [4.78, 5) is 4.58. The van der Waals surface area contributed by atoms with E-state index in [2.05, 4.69) is 14.9 Å². The van der Waals surface area contributed by atoms with E-state index in [1.54, 1.807) is 19.2 Å². The van der Waals surface area contributed by atoms with Crippen LogP contribution in [0.3, 0.4) is 0 Å². The molecule has 3 rings (SSSR count). The molecule has 8 nitrogen and oxygen atoms in total. The van der Waals surface area contributed by atoms with Gasteiger partial charge in [-0.05, 0) is 48.9 Å². The molecule has 0 saturated heterocycles. The van der Waals surface area contributed by atoms with Gasteiger partial charge in [0.15, 0.2) is 11.5 Å². The number of rotatable bonds is 11. The molecule has 0 atom stereocenters. The summed E-state index contributed by atoms with van der Waals surface area (Å²) in [6.07, 6.45) is 1.84. The molecule has 166 valence electrons. The normalized spacial score (nSPS) is 10.7. The minimum absolute atomic E-state index is 0.0202. The number of aromatic hydroxyl groups is 1. The number of aromatic nitrogens is 2. The van der Waals surface area contributed by atoms with E-state index in [0.29, 0.717) is 43.8 Å². The number of methoxy groups -OCH3 is 3. The number of hydrogen-bond acceptors (Lipinski definition) is 7. The summed E-state index contributed by atoms with van der Waals surface area (Å²) in [5.41, 5.74) is 2.90. The monoisotopic (exact) mass is 427 g/mol. The Morgan fingerprint density at radius 1 is 1.03 bits per heavy atom. The smallest absolute Gasteiger partial charge is 0.203 e. The van der Waals surface area contributed by atoms with Crippen LogP contribution in [0.5, 0.6) is 23.0 Å². The second kappa shape index (κ2) is 10.6. The van der Waals surface area contributed by atoms with Gasteiger partial charge in [0.1, 0.15) is 5.75 Å². The molecule has 0 aliphatic rings. The average Bonchev–Trinajstić information content (AvgIpc) is 3.20. The van der Waals surface area contributed by atoms with Gasteiger partial charge in [0.25, 0.3) is 0 Å². The van der Waals surface area contributed by atoms with Crippen LogP contribution in [0.2, 0.25) is 0 Å². The molecular weight excluding hydrogens is 398 g/mol. The molecule has 0 fully saturated rings. The van der Waals surface area contributed by atoms with E-state index in [0.717, 1.165) is 22.6 Å². The Kier molecular flexibility index (Phi) is 7.61. The Morgan fingerprint density at radius 3 is 2.29 bits per heavy atom. The van der Waals surface area contributed by atoms with Crippen molar-refractivity contribution in [2.75, 3.05) is 39.9 Å². The maximum absolute atomic E-state index is 10.1. The van der Waals surface area contributed by atoms with Crippen molar-refractivity contribution >= 4 is 5.95 Å². The molecule has 0 unspecified atom stereocenters. The maximum atomic E-state index is 10.1. The van der Waals surface area contributed by atoms with Gasteiger partial charge in [0.05, 0.1) is 39.3 Å². The summed E-state index contributed by atoms with van der Waals surface area (Å²) in [6, 6.07) is 11.5. The zero-order valence-corrected chi connectivity index (χ0v) is 18.3. The minimum atomic E-state index is -0.0202. The molecule has 1 aromatic heterocycles. The first-order valence-corrected chi connectivity index (χ1v) is 10.1. The molecule has 8 heteroatoms. The summed E-state index contributed by atoms with van der Waals surface area (Å²) < 4.78 is 23.4. The quantitative estimate of drug-likeness (QED) is 0.479. The van der Waals surface area contributed by atoms with E-state index in [1.165, 1.54) is 14.2 Å². The first kappa shape index (κ1) is 22.3.